The maximum Gasteiger partial charge on any atom is 0.274 e. The number of amides is 1. The maximum atomic E-state index is 13.6. The molecular weight excluding hydrogens is 434 g/mol. The van der Waals surface area contributed by atoms with Gasteiger partial charge in [-0.05, 0) is 36.6 Å². The molecule has 3 heterocycles. The van der Waals surface area contributed by atoms with Gasteiger partial charge in [-0.15, -0.1) is 11.8 Å². The molecule has 3 aromatic rings. The quantitative estimate of drug-likeness (QED) is 0.589. The van der Waals surface area contributed by atoms with E-state index in [1.54, 1.807) is 26.3 Å². The number of carbonyl (C=O) groups excluding carboxylic acids is 1. The molecular formula is C26H27N3O3S. The number of fused-ring (bicyclic) bond motifs is 3. The molecule has 2 atom stereocenters. The Labute approximate surface area is 197 Å². The molecule has 0 saturated heterocycles. The predicted octanol–water partition coefficient (Wildman–Crippen LogP) is 3.94. The molecule has 5 rings (SSSR count). The van der Waals surface area contributed by atoms with Crippen LogP contribution in [0.25, 0.3) is 0 Å². The summed E-state index contributed by atoms with van der Waals surface area (Å²) >= 11 is 1.84. The zero-order valence-electron chi connectivity index (χ0n) is 19.0. The van der Waals surface area contributed by atoms with E-state index in [1.807, 2.05) is 28.3 Å². The highest BCUT2D eigenvalue weighted by molar-refractivity contribution is 7.98. The normalized spacial score (nSPS) is 18.3. The number of ether oxygens (including phenoxy) is 1. The summed E-state index contributed by atoms with van der Waals surface area (Å²) in [5.41, 5.74) is 4.44. The number of carbonyl (C=O) groups is 1. The number of methoxy groups -OCH3 is 1. The molecule has 1 amide bonds. The first-order chi connectivity index (χ1) is 16.0. The average molecular weight is 462 g/mol. The summed E-state index contributed by atoms with van der Waals surface area (Å²) in [4.78, 5) is 29.2. The maximum absolute atomic E-state index is 13.6. The Hall–Kier alpha value is -3.03. The lowest BCUT2D eigenvalue weighted by molar-refractivity contribution is 0.0475. The smallest absolute Gasteiger partial charge is 0.274 e. The van der Waals surface area contributed by atoms with Crippen molar-refractivity contribution >= 4 is 17.7 Å². The molecule has 2 aliphatic heterocycles. The van der Waals surface area contributed by atoms with Gasteiger partial charge >= 0.3 is 0 Å². The van der Waals surface area contributed by atoms with Gasteiger partial charge in [-0.2, -0.15) is 0 Å². The van der Waals surface area contributed by atoms with Crippen molar-refractivity contribution in [1.29, 1.82) is 0 Å². The molecule has 6 nitrogen and oxygen atoms in total. The van der Waals surface area contributed by atoms with Crippen LogP contribution in [0.15, 0.2) is 70.5 Å². The number of pyridine rings is 1. The molecule has 0 saturated carbocycles. The molecule has 2 aromatic carbocycles. The van der Waals surface area contributed by atoms with Crippen molar-refractivity contribution in [2.45, 2.75) is 36.6 Å². The number of thioether (sulfide) groups is 1. The van der Waals surface area contributed by atoms with Gasteiger partial charge in [-0.1, -0.05) is 42.5 Å². The number of benzene rings is 2. The van der Waals surface area contributed by atoms with Gasteiger partial charge in [-0.25, -0.2) is 0 Å². The molecule has 2 unspecified atom stereocenters. The summed E-state index contributed by atoms with van der Waals surface area (Å²) in [6.45, 7) is 4.52. The average Bonchev–Trinajstić information content (AvgIpc) is 2.99. The Kier molecular flexibility index (Phi) is 5.76. The van der Waals surface area contributed by atoms with Crippen LogP contribution in [0.2, 0.25) is 0 Å². The summed E-state index contributed by atoms with van der Waals surface area (Å²) in [5.74, 6) is 0.742. The molecule has 33 heavy (non-hydrogen) atoms. The van der Waals surface area contributed by atoms with Gasteiger partial charge in [0.25, 0.3) is 5.91 Å². The zero-order chi connectivity index (χ0) is 23.1. The molecule has 1 aromatic heterocycles. The van der Waals surface area contributed by atoms with Crippen molar-refractivity contribution in [3.8, 4) is 0 Å². The second kappa shape index (κ2) is 8.72. The molecule has 7 heteroatoms. The van der Waals surface area contributed by atoms with Crippen molar-refractivity contribution in [3.05, 3.63) is 99.0 Å². The highest BCUT2D eigenvalue weighted by atomic mass is 32.2. The van der Waals surface area contributed by atoms with Crippen LogP contribution in [-0.4, -0.2) is 41.9 Å². The molecule has 0 fully saturated rings. The molecule has 170 valence electrons. The van der Waals surface area contributed by atoms with E-state index in [0.717, 1.165) is 5.75 Å². The summed E-state index contributed by atoms with van der Waals surface area (Å²) < 4.78 is 7.27. The largest absolute Gasteiger partial charge is 0.383 e. The first-order valence-corrected chi connectivity index (χ1v) is 12.1. The molecule has 0 N–H and O–H groups in total. The third-order valence-electron chi connectivity index (χ3n) is 6.54. The highest BCUT2D eigenvalue weighted by Crippen LogP contribution is 2.42. The van der Waals surface area contributed by atoms with Crippen molar-refractivity contribution in [2.24, 2.45) is 0 Å². The summed E-state index contributed by atoms with van der Waals surface area (Å²) in [5, 5.41) is 2.21. The molecule has 0 radical (unpaired) electrons. The van der Waals surface area contributed by atoms with Gasteiger partial charge in [0.15, 0.2) is 5.43 Å². The monoisotopic (exact) mass is 461 g/mol. The van der Waals surface area contributed by atoms with E-state index in [4.69, 9.17) is 4.74 Å². The zero-order valence-corrected chi connectivity index (χ0v) is 19.8. The van der Waals surface area contributed by atoms with Crippen LogP contribution in [0.4, 0.5) is 0 Å². The molecule has 2 aliphatic rings. The minimum atomic E-state index is -0.143. The Morgan fingerprint density at radius 1 is 1.06 bits per heavy atom. The fraction of sp³-hybridized carbons (Fsp3) is 0.308. The van der Waals surface area contributed by atoms with Crippen molar-refractivity contribution in [3.63, 3.8) is 0 Å². The van der Waals surface area contributed by atoms with Crippen LogP contribution < -0.4 is 10.4 Å². The van der Waals surface area contributed by atoms with Crippen LogP contribution in [0.5, 0.6) is 0 Å². The van der Waals surface area contributed by atoms with E-state index >= 15 is 0 Å². The molecule has 0 spiro atoms. The van der Waals surface area contributed by atoms with Crippen molar-refractivity contribution in [2.75, 3.05) is 25.4 Å². The Morgan fingerprint density at radius 2 is 1.79 bits per heavy atom. The Balaban J connectivity index is 1.75. The van der Waals surface area contributed by atoms with E-state index < -0.39 is 0 Å². The number of hydrogen-bond acceptors (Lipinski definition) is 5. The fourth-order valence-corrected chi connectivity index (χ4v) is 5.91. The minimum Gasteiger partial charge on any atom is -0.383 e. The van der Waals surface area contributed by atoms with Gasteiger partial charge in [0.05, 0.1) is 18.7 Å². The lowest BCUT2D eigenvalue weighted by Gasteiger charge is -2.46. The minimum absolute atomic E-state index is 0.113. The predicted molar refractivity (Wildman–Crippen MR) is 130 cm³/mol. The third kappa shape index (κ3) is 3.65. The number of nitrogens with zero attached hydrogens (tertiary/aromatic N) is 3. The van der Waals surface area contributed by atoms with Gasteiger partial charge in [0.1, 0.15) is 12.4 Å². The van der Waals surface area contributed by atoms with Gasteiger partial charge in [0.2, 0.25) is 0 Å². The van der Waals surface area contributed by atoms with Crippen LogP contribution in [0, 0.1) is 6.92 Å². The van der Waals surface area contributed by atoms with E-state index in [9.17, 15) is 9.59 Å². The fourth-order valence-electron chi connectivity index (χ4n) is 4.81. The highest BCUT2D eigenvalue weighted by Gasteiger charge is 2.39. The standard InChI is InChI=1S/C26H27N3O3S/c1-17(14-32-3)27-16-29(28-13-12-22(30)18(2)24(28)26(27)31)25-20-9-5-4-8-19(20)15-33-23-11-7-6-10-21(23)25/h4-13,17,25H,14-16H2,1-3H3. The number of hydrogen-bond donors (Lipinski definition) is 0. The summed E-state index contributed by atoms with van der Waals surface area (Å²) in [6.07, 6.45) is 1.74. The second-order valence-electron chi connectivity index (χ2n) is 8.59. The Bertz CT molecular complexity index is 1220. The topological polar surface area (TPSA) is 54.8 Å². The number of aromatic nitrogens is 1. The van der Waals surface area contributed by atoms with Crippen LogP contribution in [0.1, 0.15) is 45.7 Å². The van der Waals surface area contributed by atoms with Crippen molar-refractivity contribution < 1.29 is 9.53 Å². The van der Waals surface area contributed by atoms with E-state index in [1.165, 1.54) is 21.6 Å². The van der Waals surface area contributed by atoms with Crippen molar-refractivity contribution in [1.82, 2.24) is 9.58 Å². The van der Waals surface area contributed by atoms with Gasteiger partial charge < -0.3 is 9.64 Å². The lowest BCUT2D eigenvalue weighted by Crippen LogP contribution is -2.58. The van der Waals surface area contributed by atoms with E-state index in [0.29, 0.717) is 24.5 Å². The summed E-state index contributed by atoms with van der Waals surface area (Å²) in [7, 11) is 1.64. The third-order valence-corrected chi connectivity index (χ3v) is 7.68. The van der Waals surface area contributed by atoms with Gasteiger partial charge in [0, 0.05) is 35.6 Å². The SMILES string of the molecule is COCC(C)N1CN(C2c3ccccc3CSc3ccccc32)n2ccc(=O)c(C)c2C1=O. The molecule has 0 bridgehead atoms. The van der Waals surface area contributed by atoms with Crippen LogP contribution in [-0.2, 0) is 10.5 Å². The first kappa shape index (κ1) is 21.8. The summed E-state index contributed by atoms with van der Waals surface area (Å²) in [6, 6.07) is 18.3. The van der Waals surface area contributed by atoms with Crippen LogP contribution >= 0.6 is 11.8 Å². The number of rotatable bonds is 4. The first-order valence-electron chi connectivity index (χ1n) is 11.1. The van der Waals surface area contributed by atoms with Gasteiger partial charge in [-0.3, -0.25) is 19.3 Å². The second-order valence-corrected chi connectivity index (χ2v) is 9.60. The van der Waals surface area contributed by atoms with E-state index in [-0.39, 0.29) is 23.4 Å². The lowest BCUT2D eigenvalue weighted by atomic mass is 9.94. The van der Waals surface area contributed by atoms with E-state index in [2.05, 4.69) is 53.5 Å². The molecule has 0 aliphatic carbocycles. The Morgan fingerprint density at radius 3 is 2.58 bits per heavy atom. The van der Waals surface area contributed by atoms with Crippen LogP contribution in [0.3, 0.4) is 0 Å².